The zero-order valence-electron chi connectivity index (χ0n) is 12.5. The molecule has 0 atom stereocenters. The van der Waals surface area contributed by atoms with E-state index in [4.69, 9.17) is 5.26 Å². The number of aryl methyl sites for hydroxylation is 1. The summed E-state index contributed by atoms with van der Waals surface area (Å²) in [6, 6.07) is 5.93. The minimum atomic E-state index is -3.89. The zero-order chi connectivity index (χ0) is 16.2. The second-order valence-electron chi connectivity index (χ2n) is 4.81. The van der Waals surface area contributed by atoms with Gasteiger partial charge in [0.05, 0.1) is 23.6 Å². The molecule has 0 aromatic heterocycles. The lowest BCUT2D eigenvalue weighted by molar-refractivity contribution is -0.141. The second kappa shape index (κ2) is 6.70. The number of nitrogens with zero attached hydrogens (tertiary/aromatic N) is 2. The summed E-state index contributed by atoms with van der Waals surface area (Å²) in [5, 5.41) is 8.92. The molecule has 1 aromatic carbocycles. The van der Waals surface area contributed by atoms with E-state index >= 15 is 0 Å². The highest BCUT2D eigenvalue weighted by Gasteiger charge is 2.30. The van der Waals surface area contributed by atoms with Crippen LogP contribution in [0.25, 0.3) is 0 Å². The van der Waals surface area contributed by atoms with Gasteiger partial charge in [-0.05, 0) is 38.5 Å². The number of ether oxygens (including phenoxy) is 1. The highest BCUT2D eigenvalue weighted by molar-refractivity contribution is 7.89. The highest BCUT2D eigenvalue weighted by atomic mass is 32.2. The molecule has 114 valence electrons. The van der Waals surface area contributed by atoms with Gasteiger partial charge in [-0.25, -0.2) is 8.42 Å². The molecule has 0 spiro atoms. The SMILES string of the molecule is COC(=O)CN(C(C)C)S(=O)(=O)c1cc(C#N)ccc1C. The van der Waals surface area contributed by atoms with Gasteiger partial charge >= 0.3 is 5.97 Å². The van der Waals surface area contributed by atoms with Crippen LogP contribution < -0.4 is 0 Å². The standard InChI is InChI=1S/C14H18N2O4S/c1-10(2)16(9-14(17)20-4)21(18,19)13-7-12(8-15)6-5-11(13)3/h5-7,10H,9H2,1-4H3. The van der Waals surface area contributed by atoms with Crippen LogP contribution in [-0.4, -0.2) is 38.4 Å². The summed E-state index contributed by atoms with van der Waals surface area (Å²) in [6.45, 7) is 4.62. The van der Waals surface area contributed by atoms with Crippen molar-refractivity contribution in [1.82, 2.24) is 4.31 Å². The Kier molecular flexibility index (Phi) is 5.47. The molecule has 0 aliphatic rings. The van der Waals surface area contributed by atoms with Crippen LogP contribution in [0.4, 0.5) is 0 Å². The fraction of sp³-hybridized carbons (Fsp3) is 0.429. The van der Waals surface area contributed by atoms with E-state index in [1.807, 2.05) is 6.07 Å². The number of methoxy groups -OCH3 is 1. The molecule has 0 heterocycles. The molecule has 0 amide bonds. The van der Waals surface area contributed by atoms with Gasteiger partial charge < -0.3 is 4.74 Å². The zero-order valence-corrected chi connectivity index (χ0v) is 13.3. The minimum Gasteiger partial charge on any atom is -0.468 e. The Hall–Kier alpha value is -1.91. The van der Waals surface area contributed by atoms with E-state index in [1.54, 1.807) is 32.9 Å². The van der Waals surface area contributed by atoms with Crippen molar-refractivity contribution in [3.05, 3.63) is 29.3 Å². The van der Waals surface area contributed by atoms with Crippen molar-refractivity contribution in [2.24, 2.45) is 0 Å². The van der Waals surface area contributed by atoms with Gasteiger partial charge in [0.1, 0.15) is 6.54 Å². The van der Waals surface area contributed by atoms with Gasteiger partial charge in [0.2, 0.25) is 10.0 Å². The van der Waals surface area contributed by atoms with Crippen LogP contribution in [0.2, 0.25) is 0 Å². The van der Waals surface area contributed by atoms with Crippen molar-refractivity contribution < 1.29 is 17.9 Å². The molecule has 0 aliphatic heterocycles. The van der Waals surface area contributed by atoms with Crippen LogP contribution in [0.3, 0.4) is 0 Å². The maximum atomic E-state index is 12.7. The van der Waals surface area contributed by atoms with Crippen LogP contribution in [0.15, 0.2) is 23.1 Å². The Morgan fingerprint density at radius 2 is 2.05 bits per heavy atom. The fourth-order valence-electron chi connectivity index (χ4n) is 1.81. The largest absolute Gasteiger partial charge is 0.468 e. The van der Waals surface area contributed by atoms with E-state index in [2.05, 4.69) is 4.74 Å². The molecule has 0 fully saturated rings. The minimum absolute atomic E-state index is 0.0270. The number of carbonyl (C=O) groups is 1. The van der Waals surface area contributed by atoms with Gasteiger partial charge in [-0.1, -0.05) is 6.07 Å². The number of sulfonamides is 1. The Bertz CT molecular complexity index is 675. The summed E-state index contributed by atoms with van der Waals surface area (Å²) in [6.07, 6.45) is 0. The number of rotatable bonds is 5. The first kappa shape index (κ1) is 17.1. The smallest absolute Gasteiger partial charge is 0.321 e. The molecular weight excluding hydrogens is 292 g/mol. The molecular formula is C14H18N2O4S. The van der Waals surface area contributed by atoms with E-state index in [1.165, 1.54) is 13.2 Å². The van der Waals surface area contributed by atoms with E-state index < -0.39 is 22.0 Å². The van der Waals surface area contributed by atoms with Crippen molar-refractivity contribution >= 4 is 16.0 Å². The van der Waals surface area contributed by atoms with Crippen molar-refractivity contribution in [3.63, 3.8) is 0 Å². The van der Waals surface area contributed by atoms with Crippen molar-refractivity contribution in [1.29, 1.82) is 5.26 Å². The molecule has 0 unspecified atom stereocenters. The number of nitriles is 1. The first-order valence-corrected chi connectivity index (χ1v) is 7.77. The maximum absolute atomic E-state index is 12.7. The Labute approximate surface area is 125 Å². The van der Waals surface area contributed by atoms with Crippen LogP contribution >= 0.6 is 0 Å². The Balaban J connectivity index is 3.36. The molecule has 21 heavy (non-hydrogen) atoms. The quantitative estimate of drug-likeness (QED) is 0.768. The first-order chi connectivity index (χ1) is 9.73. The van der Waals surface area contributed by atoms with Crippen LogP contribution in [0, 0.1) is 18.3 Å². The summed E-state index contributed by atoms with van der Waals surface area (Å²) in [5.74, 6) is -0.638. The van der Waals surface area contributed by atoms with Gasteiger partial charge in [-0.15, -0.1) is 0 Å². The number of benzene rings is 1. The normalized spacial score (nSPS) is 11.5. The van der Waals surface area contributed by atoms with E-state index in [0.717, 1.165) is 4.31 Å². The fourth-order valence-corrected chi connectivity index (χ4v) is 3.64. The highest BCUT2D eigenvalue weighted by Crippen LogP contribution is 2.23. The number of hydrogen-bond acceptors (Lipinski definition) is 5. The molecule has 0 saturated carbocycles. The predicted octanol–water partition coefficient (Wildman–Crippen LogP) is 1.44. The van der Waals surface area contributed by atoms with Crippen LogP contribution in [0.1, 0.15) is 25.0 Å². The summed E-state index contributed by atoms with van der Waals surface area (Å²) in [7, 11) is -2.68. The van der Waals surface area contributed by atoms with Crippen molar-refractivity contribution in [2.45, 2.75) is 31.7 Å². The van der Waals surface area contributed by atoms with E-state index in [-0.39, 0.29) is 17.0 Å². The number of carbonyl (C=O) groups excluding carboxylic acids is 1. The summed E-state index contributed by atoms with van der Waals surface area (Å²) < 4.78 is 31.0. The van der Waals surface area contributed by atoms with E-state index in [0.29, 0.717) is 5.56 Å². The van der Waals surface area contributed by atoms with Gasteiger partial charge in [0.15, 0.2) is 0 Å². The van der Waals surface area contributed by atoms with Crippen molar-refractivity contribution in [2.75, 3.05) is 13.7 Å². The van der Waals surface area contributed by atoms with Crippen LogP contribution in [0.5, 0.6) is 0 Å². The Morgan fingerprint density at radius 1 is 1.43 bits per heavy atom. The van der Waals surface area contributed by atoms with Crippen LogP contribution in [-0.2, 0) is 19.6 Å². The average molecular weight is 310 g/mol. The summed E-state index contributed by atoms with van der Waals surface area (Å²) in [4.78, 5) is 11.5. The second-order valence-corrected chi connectivity index (χ2v) is 6.67. The third-order valence-corrected chi connectivity index (χ3v) is 5.16. The lowest BCUT2D eigenvalue weighted by atomic mass is 10.2. The third-order valence-electron chi connectivity index (χ3n) is 2.99. The molecule has 0 bridgehead atoms. The van der Waals surface area contributed by atoms with Gasteiger partial charge in [-0.3, -0.25) is 4.79 Å². The van der Waals surface area contributed by atoms with Gasteiger partial charge in [0.25, 0.3) is 0 Å². The number of hydrogen-bond donors (Lipinski definition) is 0. The molecule has 6 nitrogen and oxygen atoms in total. The molecule has 0 N–H and O–H groups in total. The molecule has 1 aromatic rings. The molecule has 0 saturated heterocycles. The Morgan fingerprint density at radius 3 is 2.52 bits per heavy atom. The topological polar surface area (TPSA) is 87.5 Å². The first-order valence-electron chi connectivity index (χ1n) is 6.33. The summed E-state index contributed by atoms with van der Waals surface area (Å²) in [5.41, 5.74) is 0.769. The average Bonchev–Trinajstić information content (AvgIpc) is 2.44. The lowest BCUT2D eigenvalue weighted by Crippen LogP contribution is -2.41. The summed E-state index contributed by atoms with van der Waals surface area (Å²) >= 11 is 0. The molecule has 0 aliphatic carbocycles. The van der Waals surface area contributed by atoms with E-state index in [9.17, 15) is 13.2 Å². The lowest BCUT2D eigenvalue weighted by Gasteiger charge is -2.25. The number of esters is 1. The monoisotopic (exact) mass is 310 g/mol. The predicted molar refractivity (Wildman–Crippen MR) is 76.9 cm³/mol. The third kappa shape index (κ3) is 3.80. The van der Waals surface area contributed by atoms with Gasteiger partial charge in [-0.2, -0.15) is 9.57 Å². The molecule has 7 heteroatoms. The molecule has 1 rings (SSSR count). The maximum Gasteiger partial charge on any atom is 0.321 e. The van der Waals surface area contributed by atoms with Crippen molar-refractivity contribution in [3.8, 4) is 6.07 Å². The van der Waals surface area contributed by atoms with Gasteiger partial charge in [0, 0.05) is 6.04 Å². The molecule has 0 radical (unpaired) electrons.